The van der Waals surface area contributed by atoms with Crippen molar-refractivity contribution in [2.45, 2.75) is 52.4 Å². The lowest BCUT2D eigenvalue weighted by atomic mass is 9.79. The van der Waals surface area contributed by atoms with E-state index in [0.29, 0.717) is 11.1 Å². The van der Waals surface area contributed by atoms with Gasteiger partial charge in [-0.3, -0.25) is 10.1 Å². The van der Waals surface area contributed by atoms with Crippen LogP contribution < -0.4 is 0 Å². The molecule has 0 saturated heterocycles. The molecule has 2 N–H and O–H groups in total. The Labute approximate surface area is 113 Å². The number of phenols is 2. The summed E-state index contributed by atoms with van der Waals surface area (Å²) in [5.74, 6) is -1.06. The molecular weight excluding hydrogens is 246 g/mol. The summed E-state index contributed by atoms with van der Waals surface area (Å²) in [4.78, 5) is 10.5. The van der Waals surface area contributed by atoms with E-state index in [0.717, 1.165) is 0 Å². The van der Waals surface area contributed by atoms with E-state index in [2.05, 4.69) is 0 Å². The molecule has 0 bridgehead atoms. The van der Waals surface area contributed by atoms with E-state index >= 15 is 0 Å². The lowest BCUT2D eigenvalue weighted by Gasteiger charge is -2.26. The van der Waals surface area contributed by atoms with Gasteiger partial charge in [0.2, 0.25) is 5.75 Å². The number of benzene rings is 1. The molecule has 0 aliphatic heterocycles. The molecule has 1 rings (SSSR count). The predicted molar refractivity (Wildman–Crippen MR) is 73.8 cm³/mol. The second-order valence-corrected chi connectivity index (χ2v) is 6.77. The number of nitro benzene ring substituents is 1. The molecule has 0 saturated carbocycles. The van der Waals surface area contributed by atoms with Crippen molar-refractivity contribution in [2.24, 2.45) is 0 Å². The lowest BCUT2D eigenvalue weighted by molar-refractivity contribution is -0.387. The summed E-state index contributed by atoms with van der Waals surface area (Å²) >= 11 is 0. The van der Waals surface area contributed by atoms with Crippen molar-refractivity contribution >= 4 is 5.69 Å². The Kier molecular flexibility index (Phi) is 3.54. The lowest BCUT2D eigenvalue weighted by Crippen LogP contribution is -2.18. The highest BCUT2D eigenvalue weighted by molar-refractivity contribution is 5.65. The first-order valence-electron chi connectivity index (χ1n) is 6.11. The number of phenolic OH excluding ortho intramolecular Hbond substituents is 2. The third-order valence-electron chi connectivity index (χ3n) is 3.05. The monoisotopic (exact) mass is 267 g/mol. The van der Waals surface area contributed by atoms with Crippen LogP contribution in [0.3, 0.4) is 0 Å². The molecule has 1 aromatic carbocycles. The molecule has 0 unspecified atom stereocenters. The Morgan fingerprint density at radius 1 is 0.947 bits per heavy atom. The van der Waals surface area contributed by atoms with E-state index in [1.807, 2.05) is 41.5 Å². The first kappa shape index (κ1) is 15.3. The molecule has 1 aromatic rings. The summed E-state index contributed by atoms with van der Waals surface area (Å²) in [5.41, 5.74) is -0.430. The van der Waals surface area contributed by atoms with Gasteiger partial charge in [0.1, 0.15) is 0 Å². The molecule has 0 atom stereocenters. The van der Waals surface area contributed by atoms with Gasteiger partial charge in [-0.2, -0.15) is 0 Å². The quantitative estimate of drug-likeness (QED) is 0.462. The SMILES string of the molecule is CC(C)(C)c1cc(C(C)(C)C)c([N+](=O)[O-])c(O)c1O. The Hall–Kier alpha value is -1.78. The van der Waals surface area contributed by atoms with Crippen molar-refractivity contribution in [2.75, 3.05) is 0 Å². The molecule has 0 radical (unpaired) electrons. The van der Waals surface area contributed by atoms with Crippen LogP contribution >= 0.6 is 0 Å². The summed E-state index contributed by atoms with van der Waals surface area (Å²) < 4.78 is 0. The van der Waals surface area contributed by atoms with Crippen LogP contribution in [0.2, 0.25) is 0 Å². The van der Waals surface area contributed by atoms with Crippen LogP contribution in [0.1, 0.15) is 52.7 Å². The van der Waals surface area contributed by atoms with E-state index in [1.54, 1.807) is 6.07 Å². The van der Waals surface area contributed by atoms with Crippen molar-refractivity contribution in [3.05, 3.63) is 27.3 Å². The standard InChI is InChI=1S/C14H21NO4/c1-13(2,3)8-7-9(14(4,5)6)11(16)12(17)10(8)15(18)19/h7,16-17H,1-6H3. The van der Waals surface area contributed by atoms with E-state index < -0.39 is 32.9 Å². The first-order valence-corrected chi connectivity index (χ1v) is 6.11. The highest BCUT2D eigenvalue weighted by atomic mass is 16.6. The number of nitro groups is 1. The number of hydrogen-bond acceptors (Lipinski definition) is 4. The Bertz CT molecular complexity index is 522. The Morgan fingerprint density at radius 3 is 1.68 bits per heavy atom. The van der Waals surface area contributed by atoms with Crippen LogP contribution in [0.15, 0.2) is 6.07 Å². The molecule has 5 nitrogen and oxygen atoms in total. The van der Waals surface area contributed by atoms with Gasteiger partial charge in [0, 0.05) is 11.1 Å². The fourth-order valence-corrected chi connectivity index (χ4v) is 1.98. The first-order chi connectivity index (χ1) is 8.37. The van der Waals surface area contributed by atoms with Crippen molar-refractivity contribution in [1.29, 1.82) is 0 Å². The second-order valence-electron chi connectivity index (χ2n) is 6.77. The van der Waals surface area contributed by atoms with Gasteiger partial charge in [0.25, 0.3) is 0 Å². The topological polar surface area (TPSA) is 83.6 Å². The number of aromatic hydroxyl groups is 2. The Morgan fingerprint density at radius 2 is 1.37 bits per heavy atom. The average molecular weight is 267 g/mol. The third-order valence-corrected chi connectivity index (χ3v) is 3.05. The molecule has 106 valence electrons. The van der Waals surface area contributed by atoms with Crippen LogP contribution in [-0.4, -0.2) is 15.1 Å². The van der Waals surface area contributed by atoms with Crippen LogP contribution in [-0.2, 0) is 10.8 Å². The zero-order valence-corrected chi connectivity index (χ0v) is 12.2. The fraction of sp³-hybridized carbons (Fsp3) is 0.571. The largest absolute Gasteiger partial charge is 0.504 e. The molecule has 0 heterocycles. The minimum Gasteiger partial charge on any atom is -0.504 e. The molecule has 19 heavy (non-hydrogen) atoms. The Balaban J connectivity index is 3.80. The van der Waals surface area contributed by atoms with Crippen LogP contribution in [0.25, 0.3) is 0 Å². The summed E-state index contributed by atoms with van der Waals surface area (Å²) in [7, 11) is 0. The zero-order chi connectivity index (χ0) is 15.2. The highest BCUT2D eigenvalue weighted by Gasteiger charge is 2.34. The zero-order valence-electron chi connectivity index (χ0n) is 12.2. The van der Waals surface area contributed by atoms with Crippen LogP contribution in [0.4, 0.5) is 5.69 Å². The summed E-state index contributed by atoms with van der Waals surface area (Å²) in [6.07, 6.45) is 0. The van der Waals surface area contributed by atoms with Gasteiger partial charge in [-0.15, -0.1) is 0 Å². The maximum atomic E-state index is 11.1. The number of nitrogens with zero attached hydrogens (tertiary/aromatic N) is 1. The van der Waals surface area contributed by atoms with Crippen LogP contribution in [0.5, 0.6) is 11.5 Å². The van der Waals surface area contributed by atoms with E-state index in [9.17, 15) is 20.3 Å². The average Bonchev–Trinajstić information content (AvgIpc) is 2.17. The minimum absolute atomic E-state index is 0.410. The summed E-state index contributed by atoms with van der Waals surface area (Å²) in [6, 6.07) is 1.62. The van der Waals surface area contributed by atoms with Gasteiger partial charge in [0.05, 0.1) is 4.92 Å². The maximum absolute atomic E-state index is 11.1. The highest BCUT2D eigenvalue weighted by Crippen LogP contribution is 2.47. The molecule has 0 spiro atoms. The van der Waals surface area contributed by atoms with Gasteiger partial charge >= 0.3 is 5.69 Å². The maximum Gasteiger partial charge on any atom is 0.318 e. The molecule has 0 amide bonds. The molecule has 0 fully saturated rings. The summed E-state index contributed by atoms with van der Waals surface area (Å²) in [6.45, 7) is 11.1. The normalized spacial score (nSPS) is 12.5. The summed E-state index contributed by atoms with van der Waals surface area (Å²) in [5, 5.41) is 31.1. The van der Waals surface area contributed by atoms with Gasteiger partial charge < -0.3 is 10.2 Å². The van der Waals surface area contributed by atoms with E-state index in [-0.39, 0.29) is 0 Å². The number of rotatable bonds is 1. The van der Waals surface area contributed by atoms with Gasteiger partial charge in [0.15, 0.2) is 5.75 Å². The minimum atomic E-state index is -0.651. The van der Waals surface area contributed by atoms with Crippen LogP contribution in [0, 0.1) is 10.1 Å². The van der Waals surface area contributed by atoms with E-state index in [1.165, 1.54) is 0 Å². The van der Waals surface area contributed by atoms with Gasteiger partial charge in [-0.05, 0) is 16.9 Å². The second kappa shape index (κ2) is 4.40. The molecule has 0 aliphatic rings. The fourth-order valence-electron chi connectivity index (χ4n) is 1.98. The third kappa shape index (κ3) is 2.80. The predicted octanol–water partition coefficient (Wildman–Crippen LogP) is 3.60. The van der Waals surface area contributed by atoms with Crippen molar-refractivity contribution in [3.8, 4) is 11.5 Å². The molecule has 5 heteroatoms. The van der Waals surface area contributed by atoms with Gasteiger partial charge in [-0.1, -0.05) is 41.5 Å². The molecule has 0 aromatic heterocycles. The van der Waals surface area contributed by atoms with Crippen molar-refractivity contribution < 1.29 is 15.1 Å². The van der Waals surface area contributed by atoms with Crippen molar-refractivity contribution in [3.63, 3.8) is 0 Å². The van der Waals surface area contributed by atoms with E-state index in [4.69, 9.17) is 0 Å². The van der Waals surface area contributed by atoms with Crippen molar-refractivity contribution in [1.82, 2.24) is 0 Å². The smallest absolute Gasteiger partial charge is 0.318 e. The molecule has 0 aliphatic carbocycles. The molecular formula is C14H21NO4. The van der Waals surface area contributed by atoms with Gasteiger partial charge in [-0.25, -0.2) is 0 Å². The number of hydrogen-bond donors (Lipinski definition) is 2.